The molecule has 0 radical (unpaired) electrons. The van der Waals surface area contributed by atoms with Crippen molar-refractivity contribution in [3.8, 4) is 0 Å². The first-order chi connectivity index (χ1) is 9.79. The van der Waals surface area contributed by atoms with Gasteiger partial charge in [0.2, 0.25) is 0 Å². The molecule has 0 unspecified atom stereocenters. The van der Waals surface area contributed by atoms with Crippen LogP contribution in [0.15, 0.2) is 0 Å². The average molecular weight is 329 g/mol. The minimum Gasteiger partial charge on any atom is -0.481 e. The molecule has 0 aliphatic heterocycles. The van der Waals surface area contributed by atoms with Gasteiger partial charge in [0.1, 0.15) is 0 Å². The van der Waals surface area contributed by atoms with Crippen LogP contribution in [0.2, 0.25) is 0 Å². The van der Waals surface area contributed by atoms with Crippen molar-refractivity contribution >= 4 is 5.97 Å². The highest BCUT2D eigenvalue weighted by Crippen LogP contribution is 2.41. The lowest BCUT2D eigenvalue weighted by Crippen LogP contribution is -2.61. The zero-order valence-corrected chi connectivity index (χ0v) is 17.6. The monoisotopic (exact) mass is 328 g/mol. The van der Waals surface area contributed by atoms with E-state index in [0.29, 0.717) is 5.41 Å². The number of hydrogen-bond acceptors (Lipinski definition) is 1. The van der Waals surface area contributed by atoms with Crippen LogP contribution in [-0.4, -0.2) is 41.7 Å². The fraction of sp³-hybridized carbons (Fsp3) is 0.950. The molecule has 138 valence electrons. The van der Waals surface area contributed by atoms with Gasteiger partial charge >= 0.3 is 5.97 Å². The maximum absolute atomic E-state index is 11.1. The standard InChI is InChI=1S/C20H41NO2/c1-17(2,3)13-19(6,7)15-21(10,11)20(8,9)14-18(4,5)12-16(22)23/h12-15H2,1-11H3/p+1. The molecule has 0 spiro atoms. The molecule has 0 heterocycles. The lowest BCUT2D eigenvalue weighted by atomic mass is 9.73. The molecule has 0 bridgehead atoms. The van der Waals surface area contributed by atoms with Crippen LogP contribution in [0.5, 0.6) is 0 Å². The Morgan fingerprint density at radius 3 is 1.61 bits per heavy atom. The number of nitrogens with zero attached hydrogens (tertiary/aromatic N) is 1. The molecule has 0 aliphatic rings. The fourth-order valence-electron chi connectivity index (χ4n) is 4.63. The third kappa shape index (κ3) is 8.19. The van der Waals surface area contributed by atoms with E-state index in [2.05, 4.69) is 76.4 Å². The Bertz CT molecular complexity index is 412. The third-order valence-corrected chi connectivity index (χ3v) is 5.01. The summed E-state index contributed by atoms with van der Waals surface area (Å²) in [6.45, 7) is 21.4. The van der Waals surface area contributed by atoms with Gasteiger partial charge in [-0.2, -0.15) is 0 Å². The predicted molar refractivity (Wildman–Crippen MR) is 99.6 cm³/mol. The van der Waals surface area contributed by atoms with Crippen molar-refractivity contribution in [2.45, 2.75) is 87.1 Å². The quantitative estimate of drug-likeness (QED) is 0.622. The summed E-state index contributed by atoms with van der Waals surface area (Å²) in [6, 6.07) is 0. The summed E-state index contributed by atoms with van der Waals surface area (Å²) >= 11 is 0. The van der Waals surface area contributed by atoms with Crippen molar-refractivity contribution in [2.75, 3.05) is 20.6 Å². The van der Waals surface area contributed by atoms with E-state index in [1.165, 1.54) is 6.42 Å². The topological polar surface area (TPSA) is 37.3 Å². The second-order valence-electron chi connectivity index (χ2n) is 11.5. The predicted octanol–water partition coefficient (Wildman–Crippen LogP) is 5.19. The highest BCUT2D eigenvalue weighted by Gasteiger charge is 2.44. The van der Waals surface area contributed by atoms with Crippen molar-refractivity contribution in [1.29, 1.82) is 0 Å². The Morgan fingerprint density at radius 2 is 1.26 bits per heavy atom. The minimum absolute atomic E-state index is 0.0219. The zero-order chi connectivity index (χ0) is 18.9. The molecular formula is C20H42NO2+. The number of carboxylic acids is 1. The van der Waals surface area contributed by atoms with E-state index in [1.54, 1.807) is 0 Å². The van der Waals surface area contributed by atoms with E-state index >= 15 is 0 Å². The van der Waals surface area contributed by atoms with Gasteiger partial charge in [-0.15, -0.1) is 0 Å². The van der Waals surface area contributed by atoms with Crippen LogP contribution in [-0.2, 0) is 4.79 Å². The van der Waals surface area contributed by atoms with Gasteiger partial charge in [-0.25, -0.2) is 0 Å². The number of hydrogen-bond donors (Lipinski definition) is 1. The maximum atomic E-state index is 11.1. The van der Waals surface area contributed by atoms with Gasteiger partial charge in [0.05, 0.1) is 32.6 Å². The smallest absolute Gasteiger partial charge is 0.303 e. The van der Waals surface area contributed by atoms with Crippen LogP contribution in [0.25, 0.3) is 0 Å². The first-order valence-electron chi connectivity index (χ1n) is 8.84. The van der Waals surface area contributed by atoms with E-state index in [9.17, 15) is 4.79 Å². The van der Waals surface area contributed by atoms with Crippen molar-refractivity contribution in [1.82, 2.24) is 0 Å². The van der Waals surface area contributed by atoms with Crippen LogP contribution in [0.3, 0.4) is 0 Å². The number of quaternary nitrogens is 1. The molecule has 0 atom stereocenters. The van der Waals surface area contributed by atoms with Gasteiger partial charge in [0.15, 0.2) is 0 Å². The molecule has 3 nitrogen and oxygen atoms in total. The van der Waals surface area contributed by atoms with Crippen molar-refractivity contribution < 1.29 is 14.4 Å². The summed E-state index contributed by atoms with van der Waals surface area (Å²) in [5.74, 6) is -0.704. The summed E-state index contributed by atoms with van der Waals surface area (Å²) in [5, 5.41) is 9.16. The zero-order valence-electron chi connectivity index (χ0n) is 17.6. The van der Waals surface area contributed by atoms with Gasteiger partial charge in [0, 0.05) is 11.8 Å². The van der Waals surface area contributed by atoms with E-state index in [1.807, 2.05) is 0 Å². The average Bonchev–Trinajstić information content (AvgIpc) is 2.04. The molecule has 0 aromatic heterocycles. The third-order valence-electron chi connectivity index (χ3n) is 5.01. The largest absolute Gasteiger partial charge is 0.481 e. The normalized spacial score (nSPS) is 14.9. The molecule has 0 saturated heterocycles. The van der Waals surface area contributed by atoms with E-state index in [-0.39, 0.29) is 22.8 Å². The molecule has 0 aliphatic carbocycles. The molecule has 0 rings (SSSR count). The van der Waals surface area contributed by atoms with Gasteiger partial charge in [-0.3, -0.25) is 4.79 Å². The number of rotatable bonds is 8. The van der Waals surface area contributed by atoms with Gasteiger partial charge in [0.25, 0.3) is 0 Å². The first kappa shape index (κ1) is 22.4. The molecule has 0 aromatic carbocycles. The van der Waals surface area contributed by atoms with Crippen LogP contribution >= 0.6 is 0 Å². The molecule has 23 heavy (non-hydrogen) atoms. The van der Waals surface area contributed by atoms with Crippen LogP contribution in [0.4, 0.5) is 0 Å². The lowest BCUT2D eigenvalue weighted by molar-refractivity contribution is -0.944. The summed E-state index contributed by atoms with van der Waals surface area (Å²) in [6.07, 6.45) is 2.29. The van der Waals surface area contributed by atoms with Crippen molar-refractivity contribution in [3.05, 3.63) is 0 Å². The highest BCUT2D eigenvalue weighted by molar-refractivity contribution is 5.67. The van der Waals surface area contributed by atoms with E-state index < -0.39 is 5.97 Å². The molecule has 1 N–H and O–H groups in total. The van der Waals surface area contributed by atoms with Gasteiger partial charge < -0.3 is 9.59 Å². The second-order valence-corrected chi connectivity index (χ2v) is 11.5. The van der Waals surface area contributed by atoms with Crippen LogP contribution < -0.4 is 0 Å². The molecule has 0 fully saturated rings. The van der Waals surface area contributed by atoms with Gasteiger partial charge in [-0.05, 0) is 31.1 Å². The van der Waals surface area contributed by atoms with Crippen LogP contribution in [0.1, 0.15) is 81.6 Å². The highest BCUT2D eigenvalue weighted by atomic mass is 16.4. The lowest BCUT2D eigenvalue weighted by Gasteiger charge is -2.51. The molecule has 3 heteroatoms. The summed E-state index contributed by atoms with van der Waals surface area (Å²) in [7, 11) is 4.59. The Balaban J connectivity index is 5.19. The van der Waals surface area contributed by atoms with Crippen LogP contribution in [0, 0.1) is 16.2 Å². The van der Waals surface area contributed by atoms with E-state index in [4.69, 9.17) is 5.11 Å². The number of carboxylic acid groups (broad SMARTS) is 1. The Labute approximate surface area is 145 Å². The summed E-state index contributed by atoms with van der Waals surface area (Å²) in [5.41, 5.74) is 0.388. The molecule has 0 aromatic rings. The first-order valence-corrected chi connectivity index (χ1v) is 8.84. The summed E-state index contributed by atoms with van der Waals surface area (Å²) < 4.78 is 0.902. The van der Waals surface area contributed by atoms with Gasteiger partial charge in [-0.1, -0.05) is 48.5 Å². The number of carbonyl (C=O) groups is 1. The Morgan fingerprint density at radius 1 is 0.826 bits per heavy atom. The van der Waals surface area contributed by atoms with Crippen molar-refractivity contribution in [2.24, 2.45) is 16.2 Å². The maximum Gasteiger partial charge on any atom is 0.303 e. The SMILES string of the molecule is CC(C)(C)CC(C)(C)C[N+](C)(C)C(C)(C)CC(C)(C)CC(=O)O. The molecule has 0 saturated carbocycles. The fourth-order valence-corrected chi connectivity index (χ4v) is 4.63. The Kier molecular flexibility index (Phi) is 6.57. The Hall–Kier alpha value is -0.570. The van der Waals surface area contributed by atoms with Crippen molar-refractivity contribution in [3.63, 3.8) is 0 Å². The number of aliphatic carboxylic acids is 1. The molecule has 0 amide bonds. The summed E-state index contributed by atoms with van der Waals surface area (Å²) in [4.78, 5) is 11.1. The molecular weight excluding hydrogens is 286 g/mol. The second kappa shape index (κ2) is 6.74. The minimum atomic E-state index is -0.704. The van der Waals surface area contributed by atoms with E-state index in [0.717, 1.165) is 17.4 Å².